The molecule has 0 unspecified atom stereocenters. The number of unbranched alkanes of at least 4 members (excludes halogenated alkanes) is 2. The number of hydrogen-bond acceptors (Lipinski definition) is 2. The van der Waals surface area contributed by atoms with Crippen molar-refractivity contribution in [1.29, 1.82) is 0 Å². The van der Waals surface area contributed by atoms with Crippen LogP contribution in [-0.4, -0.2) is 26.4 Å². The first-order valence-corrected chi connectivity index (χ1v) is 5.53. The maximum atomic E-state index is 5.27. The molecule has 2 nitrogen and oxygen atoms in total. The summed E-state index contributed by atoms with van der Waals surface area (Å²) in [4.78, 5) is 0. The average molecular weight is 198 g/mol. The first-order valence-electron chi connectivity index (χ1n) is 5.53. The summed E-state index contributed by atoms with van der Waals surface area (Å²) in [6, 6.07) is 0. The highest BCUT2D eigenvalue weighted by Gasteiger charge is 1.83. The van der Waals surface area contributed by atoms with Gasteiger partial charge < -0.3 is 9.47 Å². The quantitative estimate of drug-likeness (QED) is 0.441. The van der Waals surface area contributed by atoms with Crippen LogP contribution in [-0.2, 0) is 9.47 Å². The summed E-state index contributed by atoms with van der Waals surface area (Å²) in [6.45, 7) is 7.02. The highest BCUT2D eigenvalue weighted by molar-refractivity contribution is 4.99. The predicted octanol–water partition coefficient (Wildman–Crippen LogP) is 2.62. The third-order valence-corrected chi connectivity index (χ3v) is 1.76. The third kappa shape index (κ3) is 11.5. The van der Waals surface area contributed by atoms with Gasteiger partial charge in [0.2, 0.25) is 0 Å². The summed E-state index contributed by atoms with van der Waals surface area (Å²) < 4.78 is 10.5. The summed E-state index contributed by atoms with van der Waals surface area (Å²) >= 11 is 0. The van der Waals surface area contributed by atoms with Crippen molar-refractivity contribution in [3.05, 3.63) is 0 Å². The van der Waals surface area contributed by atoms with E-state index in [2.05, 4.69) is 25.7 Å². The van der Waals surface area contributed by atoms with Crippen molar-refractivity contribution < 1.29 is 9.47 Å². The molecule has 0 atom stereocenters. The lowest BCUT2D eigenvalue weighted by atomic mass is 10.4. The van der Waals surface area contributed by atoms with E-state index in [1.54, 1.807) is 0 Å². The van der Waals surface area contributed by atoms with Gasteiger partial charge in [0.15, 0.2) is 0 Å². The largest absolute Gasteiger partial charge is 0.369 e. The van der Waals surface area contributed by atoms with Crippen molar-refractivity contribution in [2.24, 2.45) is 0 Å². The molecule has 0 N–H and O–H groups in total. The molecule has 0 fully saturated rings. The zero-order chi connectivity index (χ0) is 10.5. The predicted molar refractivity (Wildman–Crippen MR) is 59.2 cm³/mol. The van der Waals surface area contributed by atoms with Crippen LogP contribution in [0.5, 0.6) is 0 Å². The second-order valence-electron chi connectivity index (χ2n) is 3.17. The first-order chi connectivity index (χ1) is 6.91. The second-order valence-corrected chi connectivity index (χ2v) is 3.17. The average Bonchev–Trinajstić information content (AvgIpc) is 2.21. The normalized spacial score (nSPS) is 9.57. The molecule has 2 heteroatoms. The van der Waals surface area contributed by atoms with Gasteiger partial charge in [0.1, 0.15) is 13.2 Å². The molecule has 0 heterocycles. The van der Waals surface area contributed by atoms with Crippen molar-refractivity contribution >= 4 is 0 Å². The highest BCUT2D eigenvalue weighted by atomic mass is 16.5. The molecule has 14 heavy (non-hydrogen) atoms. The fourth-order valence-corrected chi connectivity index (χ4v) is 0.841. The Morgan fingerprint density at radius 3 is 1.57 bits per heavy atom. The van der Waals surface area contributed by atoms with Crippen LogP contribution in [0.1, 0.15) is 39.5 Å². The fraction of sp³-hybridized carbons (Fsp3) is 0.833. The zero-order valence-corrected chi connectivity index (χ0v) is 9.47. The van der Waals surface area contributed by atoms with Crippen LogP contribution in [0.15, 0.2) is 0 Å². The summed E-state index contributed by atoms with van der Waals surface area (Å²) in [6.07, 6.45) is 4.59. The van der Waals surface area contributed by atoms with Gasteiger partial charge in [-0.3, -0.25) is 0 Å². The molecular formula is C12H22O2. The van der Waals surface area contributed by atoms with Gasteiger partial charge in [-0.2, -0.15) is 0 Å². The van der Waals surface area contributed by atoms with Crippen LogP contribution in [0.2, 0.25) is 0 Å². The van der Waals surface area contributed by atoms with E-state index in [0.717, 1.165) is 26.1 Å². The lowest BCUT2D eigenvalue weighted by Gasteiger charge is -1.97. The van der Waals surface area contributed by atoms with Gasteiger partial charge in [-0.1, -0.05) is 38.5 Å². The summed E-state index contributed by atoms with van der Waals surface area (Å²) in [7, 11) is 0. The molecule has 0 aliphatic carbocycles. The fourth-order valence-electron chi connectivity index (χ4n) is 0.841. The van der Waals surface area contributed by atoms with Crippen molar-refractivity contribution in [2.75, 3.05) is 26.4 Å². The van der Waals surface area contributed by atoms with E-state index in [-0.39, 0.29) is 0 Å². The van der Waals surface area contributed by atoms with Gasteiger partial charge in [0.05, 0.1) is 0 Å². The molecule has 0 aliphatic heterocycles. The molecule has 0 aromatic carbocycles. The number of hydrogen-bond donors (Lipinski definition) is 0. The minimum atomic E-state index is 0.539. The van der Waals surface area contributed by atoms with E-state index in [9.17, 15) is 0 Å². The monoisotopic (exact) mass is 198 g/mol. The molecule has 0 aromatic heterocycles. The Bertz CT molecular complexity index is 139. The van der Waals surface area contributed by atoms with Crippen LogP contribution in [0, 0.1) is 11.8 Å². The van der Waals surface area contributed by atoms with Crippen LogP contribution >= 0.6 is 0 Å². The number of ether oxygens (including phenoxy) is 2. The first kappa shape index (κ1) is 13.5. The van der Waals surface area contributed by atoms with Crippen LogP contribution < -0.4 is 0 Å². The molecule has 0 spiro atoms. The molecule has 0 rings (SSSR count). The van der Waals surface area contributed by atoms with Gasteiger partial charge in [-0.25, -0.2) is 0 Å². The van der Waals surface area contributed by atoms with E-state index in [1.165, 1.54) is 12.8 Å². The van der Waals surface area contributed by atoms with Gasteiger partial charge in [0, 0.05) is 13.2 Å². The molecule has 0 radical (unpaired) electrons. The molecule has 0 saturated carbocycles. The summed E-state index contributed by atoms with van der Waals surface area (Å²) in [5, 5.41) is 0. The molecule has 0 saturated heterocycles. The molecule has 0 amide bonds. The Morgan fingerprint density at radius 1 is 0.786 bits per heavy atom. The van der Waals surface area contributed by atoms with Crippen LogP contribution in [0.3, 0.4) is 0 Å². The SMILES string of the molecule is CCCCOCC#CCOCCCC. The Balaban J connectivity index is 3.03. The lowest BCUT2D eigenvalue weighted by molar-refractivity contribution is 0.158. The Kier molecular flexibility index (Phi) is 12.0. The Morgan fingerprint density at radius 2 is 1.21 bits per heavy atom. The van der Waals surface area contributed by atoms with Crippen molar-refractivity contribution in [1.82, 2.24) is 0 Å². The molecule has 0 aromatic rings. The molecule has 0 bridgehead atoms. The van der Waals surface area contributed by atoms with E-state index >= 15 is 0 Å². The Hall–Kier alpha value is -0.520. The number of rotatable bonds is 8. The van der Waals surface area contributed by atoms with Crippen LogP contribution in [0.4, 0.5) is 0 Å². The zero-order valence-electron chi connectivity index (χ0n) is 9.47. The van der Waals surface area contributed by atoms with Crippen molar-refractivity contribution in [3.8, 4) is 11.8 Å². The minimum Gasteiger partial charge on any atom is -0.369 e. The molecule has 82 valence electrons. The van der Waals surface area contributed by atoms with E-state index in [1.807, 2.05) is 0 Å². The van der Waals surface area contributed by atoms with Crippen LogP contribution in [0.25, 0.3) is 0 Å². The van der Waals surface area contributed by atoms with Gasteiger partial charge >= 0.3 is 0 Å². The van der Waals surface area contributed by atoms with Gasteiger partial charge in [0.25, 0.3) is 0 Å². The van der Waals surface area contributed by atoms with Gasteiger partial charge in [-0.15, -0.1) is 0 Å². The highest BCUT2D eigenvalue weighted by Crippen LogP contribution is 1.87. The van der Waals surface area contributed by atoms with E-state index in [4.69, 9.17) is 9.47 Å². The third-order valence-electron chi connectivity index (χ3n) is 1.76. The molecular weight excluding hydrogens is 176 g/mol. The maximum absolute atomic E-state index is 5.27. The topological polar surface area (TPSA) is 18.5 Å². The second kappa shape index (κ2) is 12.5. The van der Waals surface area contributed by atoms with Crippen molar-refractivity contribution in [3.63, 3.8) is 0 Å². The van der Waals surface area contributed by atoms with Gasteiger partial charge in [-0.05, 0) is 12.8 Å². The maximum Gasteiger partial charge on any atom is 0.107 e. The summed E-state index contributed by atoms with van der Waals surface area (Å²) in [5.74, 6) is 5.85. The standard InChI is InChI=1S/C12H22O2/c1-3-5-9-13-11-7-8-12-14-10-6-4-2/h3-6,9-12H2,1-2H3. The Labute approximate surface area is 88.0 Å². The minimum absolute atomic E-state index is 0.539. The summed E-state index contributed by atoms with van der Waals surface area (Å²) in [5.41, 5.74) is 0. The smallest absolute Gasteiger partial charge is 0.107 e. The van der Waals surface area contributed by atoms with E-state index in [0.29, 0.717) is 13.2 Å². The lowest BCUT2D eigenvalue weighted by Crippen LogP contribution is -1.96. The van der Waals surface area contributed by atoms with E-state index < -0.39 is 0 Å². The molecule has 0 aliphatic rings. The van der Waals surface area contributed by atoms with Crippen molar-refractivity contribution in [2.45, 2.75) is 39.5 Å².